The quantitative estimate of drug-likeness (QED) is 0.220. The Hall–Kier alpha value is -3.91. The van der Waals surface area contributed by atoms with Crippen LogP contribution in [0.3, 0.4) is 0 Å². The van der Waals surface area contributed by atoms with E-state index in [1.807, 2.05) is 48.2 Å². The number of anilines is 1. The highest BCUT2D eigenvalue weighted by Crippen LogP contribution is 2.31. The highest BCUT2D eigenvalue weighted by molar-refractivity contribution is 7.92. The van der Waals surface area contributed by atoms with Crippen LogP contribution in [-0.4, -0.2) is 56.8 Å². The summed E-state index contributed by atoms with van der Waals surface area (Å²) in [6, 6.07) is 31.0. The van der Waals surface area contributed by atoms with Gasteiger partial charge in [0.1, 0.15) is 0 Å². The Balaban J connectivity index is 1.25. The minimum atomic E-state index is -3.87. The van der Waals surface area contributed by atoms with Crippen molar-refractivity contribution in [1.82, 2.24) is 9.80 Å². The molecule has 0 saturated carbocycles. The average molecular weight is 600 g/mol. The maximum atomic E-state index is 13.8. The monoisotopic (exact) mass is 599 g/mol. The van der Waals surface area contributed by atoms with Crippen LogP contribution in [-0.2, 0) is 16.6 Å². The predicted molar refractivity (Wildman–Crippen MR) is 170 cm³/mol. The van der Waals surface area contributed by atoms with Crippen molar-refractivity contribution in [2.45, 2.75) is 18.4 Å². The summed E-state index contributed by atoms with van der Waals surface area (Å²) in [4.78, 5) is 17.7. The molecule has 1 saturated heterocycles. The first-order valence-corrected chi connectivity index (χ1v) is 15.8. The maximum absolute atomic E-state index is 13.8. The molecule has 0 bridgehead atoms. The molecule has 1 amide bonds. The molecule has 6 nitrogen and oxygen atoms in total. The van der Waals surface area contributed by atoms with Crippen molar-refractivity contribution in [2.24, 2.45) is 0 Å². The van der Waals surface area contributed by atoms with E-state index >= 15 is 0 Å². The molecule has 5 rings (SSSR count). The number of benzene rings is 4. The van der Waals surface area contributed by atoms with E-state index in [0.29, 0.717) is 29.4 Å². The Bertz CT molecular complexity index is 1630. The Morgan fingerprint density at radius 2 is 1.50 bits per heavy atom. The summed E-state index contributed by atoms with van der Waals surface area (Å²) >= 11 is 6.28. The van der Waals surface area contributed by atoms with Crippen LogP contribution < -0.4 is 4.31 Å². The fraction of sp³-hybridized carbons (Fsp3) is 0.206. The number of carbonyl (C=O) groups excluding carboxylic acids is 1. The fourth-order valence-corrected chi connectivity index (χ4v) is 6.70. The summed E-state index contributed by atoms with van der Waals surface area (Å²) in [6.07, 6.45) is 4.29. The minimum absolute atomic E-state index is 0.0134. The molecule has 0 spiro atoms. The van der Waals surface area contributed by atoms with Gasteiger partial charge < -0.3 is 4.90 Å². The second kappa shape index (κ2) is 13.4. The number of hydrogen-bond acceptors (Lipinski definition) is 4. The van der Waals surface area contributed by atoms with E-state index in [9.17, 15) is 13.2 Å². The van der Waals surface area contributed by atoms with Crippen molar-refractivity contribution in [3.8, 4) is 0 Å². The van der Waals surface area contributed by atoms with Crippen molar-refractivity contribution >= 4 is 39.3 Å². The topological polar surface area (TPSA) is 60.9 Å². The first kappa shape index (κ1) is 29.6. The van der Waals surface area contributed by atoms with Crippen molar-refractivity contribution in [2.75, 3.05) is 37.0 Å². The molecule has 1 heterocycles. The zero-order chi connectivity index (χ0) is 29.5. The van der Waals surface area contributed by atoms with Gasteiger partial charge in [0.15, 0.2) is 0 Å². The van der Waals surface area contributed by atoms with Gasteiger partial charge >= 0.3 is 0 Å². The Morgan fingerprint density at radius 3 is 2.17 bits per heavy atom. The van der Waals surface area contributed by atoms with Crippen LogP contribution in [0.25, 0.3) is 6.08 Å². The van der Waals surface area contributed by atoms with Crippen molar-refractivity contribution < 1.29 is 13.2 Å². The Kier molecular flexibility index (Phi) is 9.42. The maximum Gasteiger partial charge on any atom is 0.264 e. The number of sulfonamides is 1. The lowest BCUT2D eigenvalue weighted by molar-refractivity contribution is 0.0650. The van der Waals surface area contributed by atoms with Gasteiger partial charge in [-0.3, -0.25) is 14.0 Å². The van der Waals surface area contributed by atoms with Gasteiger partial charge in [0, 0.05) is 43.3 Å². The van der Waals surface area contributed by atoms with Gasteiger partial charge in [-0.05, 0) is 60.0 Å². The van der Waals surface area contributed by atoms with E-state index in [1.165, 1.54) is 9.87 Å². The number of piperazine rings is 1. The van der Waals surface area contributed by atoms with Gasteiger partial charge in [-0.15, -0.1) is 0 Å². The smallest absolute Gasteiger partial charge is 0.264 e. The first-order valence-electron chi connectivity index (χ1n) is 14.0. The predicted octanol–water partition coefficient (Wildman–Crippen LogP) is 6.52. The molecular weight excluding hydrogens is 566 g/mol. The molecule has 0 aromatic heterocycles. The minimum Gasteiger partial charge on any atom is -0.336 e. The van der Waals surface area contributed by atoms with Gasteiger partial charge in [0.2, 0.25) is 0 Å². The third kappa shape index (κ3) is 7.10. The van der Waals surface area contributed by atoms with Gasteiger partial charge in [-0.2, -0.15) is 0 Å². The summed E-state index contributed by atoms with van der Waals surface area (Å²) in [5, 5.41) is 0.456. The molecule has 1 aliphatic heterocycles. The molecule has 8 heteroatoms. The van der Waals surface area contributed by atoms with Gasteiger partial charge in [-0.1, -0.05) is 90.5 Å². The largest absolute Gasteiger partial charge is 0.336 e. The fourth-order valence-electron chi connectivity index (χ4n) is 5.01. The molecule has 1 aliphatic rings. The summed E-state index contributed by atoms with van der Waals surface area (Å²) in [6.45, 7) is 5.76. The molecular formula is C34H34ClN3O3S. The van der Waals surface area contributed by atoms with Crippen molar-refractivity contribution in [3.05, 3.63) is 136 Å². The molecule has 1 fully saturated rings. The number of carbonyl (C=O) groups is 1. The van der Waals surface area contributed by atoms with Crippen LogP contribution in [0.1, 0.15) is 27.0 Å². The summed E-state index contributed by atoms with van der Waals surface area (Å²) in [7, 11) is -3.87. The van der Waals surface area contributed by atoms with Gasteiger partial charge in [-0.25, -0.2) is 8.42 Å². The lowest BCUT2D eigenvalue weighted by Crippen LogP contribution is -2.48. The molecule has 0 radical (unpaired) electrons. The van der Waals surface area contributed by atoms with Gasteiger partial charge in [0.25, 0.3) is 15.9 Å². The van der Waals surface area contributed by atoms with Crippen molar-refractivity contribution in [3.63, 3.8) is 0 Å². The van der Waals surface area contributed by atoms with E-state index in [0.717, 1.165) is 30.8 Å². The van der Waals surface area contributed by atoms with Crippen LogP contribution in [0.5, 0.6) is 0 Å². The van der Waals surface area contributed by atoms with Crippen LogP contribution >= 0.6 is 11.6 Å². The number of halogens is 1. The molecule has 4 aromatic rings. The third-order valence-electron chi connectivity index (χ3n) is 7.43. The van der Waals surface area contributed by atoms with E-state index in [2.05, 4.69) is 29.2 Å². The number of amides is 1. The Morgan fingerprint density at radius 1 is 0.857 bits per heavy atom. The Labute approximate surface area is 253 Å². The van der Waals surface area contributed by atoms with Gasteiger partial charge in [0.05, 0.1) is 17.1 Å². The second-order valence-electron chi connectivity index (χ2n) is 10.4. The number of rotatable bonds is 9. The van der Waals surface area contributed by atoms with Crippen LogP contribution in [0, 0.1) is 6.92 Å². The van der Waals surface area contributed by atoms with Crippen LogP contribution in [0.2, 0.25) is 5.02 Å². The normalized spacial score (nSPS) is 14.3. The second-order valence-corrected chi connectivity index (χ2v) is 12.7. The SMILES string of the molecule is Cc1ccc(Cl)cc1N(Cc1ccc(C(=O)N2CCN(C/C=C/c3ccccc3)CC2)cc1)S(=O)(=O)c1ccccc1. The number of hydrogen-bond donors (Lipinski definition) is 0. The first-order chi connectivity index (χ1) is 20.3. The van der Waals surface area contributed by atoms with Crippen LogP contribution in [0.4, 0.5) is 5.69 Å². The van der Waals surface area contributed by atoms with Crippen molar-refractivity contribution in [1.29, 1.82) is 0 Å². The molecule has 0 unspecified atom stereocenters. The summed E-state index contributed by atoms with van der Waals surface area (Å²) in [5.74, 6) is -0.0134. The molecule has 4 aromatic carbocycles. The number of nitrogens with zero attached hydrogens (tertiary/aromatic N) is 3. The van der Waals surface area contributed by atoms with E-state index < -0.39 is 10.0 Å². The highest BCUT2D eigenvalue weighted by Gasteiger charge is 2.27. The van der Waals surface area contributed by atoms with Crippen LogP contribution in [0.15, 0.2) is 114 Å². The zero-order valence-corrected chi connectivity index (χ0v) is 25.1. The van der Waals surface area contributed by atoms with E-state index in [1.54, 1.807) is 54.6 Å². The highest BCUT2D eigenvalue weighted by atomic mass is 35.5. The van der Waals surface area contributed by atoms with E-state index in [-0.39, 0.29) is 17.3 Å². The summed E-state index contributed by atoms with van der Waals surface area (Å²) < 4.78 is 28.9. The standard InChI is InChI=1S/C34H34ClN3O3S/c1-27-14-19-31(35)25-33(27)38(42(40,41)32-12-6-3-7-13-32)26-29-15-17-30(18-16-29)34(39)37-23-21-36(22-24-37)20-8-11-28-9-4-2-5-10-28/h2-19,25H,20-24,26H2,1H3/b11-8+. The molecule has 0 aliphatic carbocycles. The lowest BCUT2D eigenvalue weighted by atomic mass is 10.1. The molecule has 216 valence electrons. The molecule has 0 atom stereocenters. The molecule has 42 heavy (non-hydrogen) atoms. The third-order valence-corrected chi connectivity index (χ3v) is 9.44. The molecule has 0 N–H and O–H groups in total. The lowest BCUT2D eigenvalue weighted by Gasteiger charge is -2.34. The summed E-state index contributed by atoms with van der Waals surface area (Å²) in [5.41, 5.74) is 3.84. The number of aryl methyl sites for hydroxylation is 1. The average Bonchev–Trinajstić information content (AvgIpc) is 3.02. The van der Waals surface area contributed by atoms with E-state index in [4.69, 9.17) is 11.6 Å². The zero-order valence-electron chi connectivity index (χ0n) is 23.6.